The molecule has 0 radical (unpaired) electrons. The van der Waals surface area contributed by atoms with Crippen molar-refractivity contribution >= 4 is 12.2 Å². The van der Waals surface area contributed by atoms with Crippen molar-refractivity contribution in [3.05, 3.63) is 99.2 Å². The van der Waals surface area contributed by atoms with Crippen LogP contribution in [-0.2, 0) is 6.54 Å². The van der Waals surface area contributed by atoms with Gasteiger partial charge in [0, 0.05) is 17.5 Å². The Morgan fingerprint density at radius 1 is 1.16 bits per heavy atom. The molecule has 0 bridgehead atoms. The molecule has 0 fully saturated rings. The molecule has 0 N–H and O–H groups in total. The Kier molecular flexibility index (Phi) is 5.40. The van der Waals surface area contributed by atoms with Crippen LogP contribution in [0.3, 0.4) is 0 Å². The Bertz CT molecular complexity index is 1200. The second-order valence-electron chi connectivity index (χ2n) is 9.14. The minimum atomic E-state index is 0.139. The van der Waals surface area contributed by atoms with Crippen LogP contribution in [0.2, 0.25) is 0 Å². The van der Waals surface area contributed by atoms with Gasteiger partial charge in [-0.25, -0.2) is 0 Å². The molecule has 0 amide bonds. The Morgan fingerprint density at radius 3 is 2.81 bits per heavy atom. The molecule has 0 saturated heterocycles. The predicted octanol–water partition coefficient (Wildman–Crippen LogP) is 5.81. The molecule has 2 unspecified atom stereocenters. The van der Waals surface area contributed by atoms with Crippen LogP contribution in [0.4, 0.5) is 0 Å². The highest BCUT2D eigenvalue weighted by Crippen LogP contribution is 2.40. The summed E-state index contributed by atoms with van der Waals surface area (Å²) < 4.78 is 0. The molecule has 2 atom stereocenters. The number of nitrogens with zero attached hydrogens (tertiary/aromatic N) is 2. The average Bonchev–Trinajstić information content (AvgIpc) is 2.81. The van der Waals surface area contributed by atoms with Gasteiger partial charge >= 0.3 is 0 Å². The molecule has 5 rings (SSSR count). The van der Waals surface area contributed by atoms with Crippen molar-refractivity contribution in [2.45, 2.75) is 64.6 Å². The zero-order valence-electron chi connectivity index (χ0n) is 18.9. The fraction of sp³-hybridized carbons (Fsp3) is 0.345. The molecule has 31 heavy (non-hydrogen) atoms. The molecule has 2 aromatic carbocycles. The van der Waals surface area contributed by atoms with Crippen LogP contribution in [0.25, 0.3) is 12.2 Å². The first-order chi connectivity index (χ1) is 15.2. The van der Waals surface area contributed by atoms with Crippen molar-refractivity contribution in [1.29, 1.82) is 0 Å². The number of fused-ring (bicyclic) bond motifs is 4. The summed E-state index contributed by atoms with van der Waals surface area (Å²) in [6, 6.07) is 13.8. The van der Waals surface area contributed by atoms with Gasteiger partial charge in [-0.05, 0) is 65.7 Å². The largest absolute Gasteiger partial charge is 0.361 e. The third-order valence-corrected chi connectivity index (χ3v) is 6.83. The van der Waals surface area contributed by atoms with Gasteiger partial charge in [-0.3, -0.25) is 4.99 Å². The lowest BCUT2D eigenvalue weighted by Crippen LogP contribution is -2.47. The third-order valence-electron chi connectivity index (χ3n) is 6.83. The van der Waals surface area contributed by atoms with Gasteiger partial charge in [0.05, 0.1) is 17.4 Å². The molecule has 1 aliphatic carbocycles. The van der Waals surface area contributed by atoms with E-state index in [4.69, 9.17) is 4.99 Å². The van der Waals surface area contributed by atoms with Crippen molar-refractivity contribution in [2.75, 3.05) is 0 Å². The first-order valence-electron chi connectivity index (χ1n) is 11.8. The molecule has 0 saturated carbocycles. The van der Waals surface area contributed by atoms with Crippen LogP contribution in [0, 0.1) is 0 Å². The summed E-state index contributed by atoms with van der Waals surface area (Å²) in [6.45, 7) is 7.71. The first-order valence-corrected chi connectivity index (χ1v) is 11.8. The molecule has 158 valence electrons. The molecule has 2 nitrogen and oxygen atoms in total. The zero-order valence-corrected chi connectivity index (χ0v) is 18.9. The molecule has 2 heterocycles. The van der Waals surface area contributed by atoms with Gasteiger partial charge in [0.15, 0.2) is 0 Å². The lowest BCUT2D eigenvalue weighted by atomic mass is 9.83. The van der Waals surface area contributed by atoms with E-state index in [1.165, 1.54) is 33.2 Å². The maximum absolute atomic E-state index is 5.38. The van der Waals surface area contributed by atoms with Crippen LogP contribution in [0.1, 0.15) is 74.2 Å². The molecule has 2 heteroatoms. The Morgan fingerprint density at radius 2 is 2.03 bits per heavy atom. The molecular formula is C29H32N2. The van der Waals surface area contributed by atoms with E-state index in [9.17, 15) is 0 Å². The lowest BCUT2D eigenvalue weighted by Gasteiger charge is -2.44. The third kappa shape index (κ3) is 3.59. The van der Waals surface area contributed by atoms with Crippen LogP contribution in [-0.4, -0.2) is 10.9 Å². The van der Waals surface area contributed by atoms with E-state index in [1.54, 1.807) is 0 Å². The number of benzene rings is 2. The van der Waals surface area contributed by atoms with Crippen molar-refractivity contribution in [3.63, 3.8) is 0 Å². The molecular weight excluding hydrogens is 376 g/mol. The molecule has 2 aliphatic heterocycles. The fourth-order valence-corrected chi connectivity index (χ4v) is 5.25. The van der Waals surface area contributed by atoms with Crippen molar-refractivity contribution in [3.8, 4) is 0 Å². The van der Waals surface area contributed by atoms with Crippen molar-refractivity contribution < 1.29 is 0 Å². The predicted molar refractivity (Wildman–Crippen MR) is 130 cm³/mol. The summed E-state index contributed by atoms with van der Waals surface area (Å²) in [6.07, 6.45) is 17.2. The van der Waals surface area contributed by atoms with Crippen LogP contribution in [0.5, 0.6) is 0 Å². The summed E-state index contributed by atoms with van der Waals surface area (Å²) in [5.41, 5.74) is 7.01. The monoisotopic (exact) mass is 408 g/mol. The van der Waals surface area contributed by atoms with Gasteiger partial charge in [-0.1, -0.05) is 75.4 Å². The average molecular weight is 409 g/mol. The van der Waals surface area contributed by atoms with E-state index in [1.807, 2.05) is 0 Å². The summed E-state index contributed by atoms with van der Waals surface area (Å²) >= 11 is 0. The summed E-state index contributed by atoms with van der Waals surface area (Å²) in [7, 11) is 0. The molecule has 2 aromatic rings. The number of allylic oxidation sites excluding steroid dienone is 5. The summed E-state index contributed by atoms with van der Waals surface area (Å²) in [4.78, 5) is 8.00. The maximum atomic E-state index is 5.38. The highest BCUT2D eigenvalue weighted by atomic mass is 15.2. The van der Waals surface area contributed by atoms with Crippen LogP contribution >= 0.6 is 0 Å². The van der Waals surface area contributed by atoms with E-state index in [2.05, 4.69) is 98.5 Å². The minimum Gasteiger partial charge on any atom is -0.361 e. The van der Waals surface area contributed by atoms with Gasteiger partial charge in [-0.15, -0.1) is 0 Å². The normalized spacial score (nSPS) is 21.8. The van der Waals surface area contributed by atoms with Gasteiger partial charge in [0.25, 0.3) is 0 Å². The lowest BCUT2D eigenvalue weighted by molar-refractivity contribution is 0.232. The second kappa shape index (κ2) is 8.34. The topological polar surface area (TPSA) is 15.6 Å². The van der Waals surface area contributed by atoms with Gasteiger partial charge in [0.2, 0.25) is 0 Å². The first kappa shape index (κ1) is 20.1. The van der Waals surface area contributed by atoms with Crippen LogP contribution < -0.4 is 10.6 Å². The number of rotatable bonds is 4. The van der Waals surface area contributed by atoms with E-state index in [-0.39, 0.29) is 12.1 Å². The highest BCUT2D eigenvalue weighted by Gasteiger charge is 2.36. The van der Waals surface area contributed by atoms with Crippen molar-refractivity contribution in [2.24, 2.45) is 4.99 Å². The summed E-state index contributed by atoms with van der Waals surface area (Å²) in [5.74, 6) is 0.491. The molecule has 0 aromatic heterocycles. The quantitative estimate of drug-likeness (QED) is 0.624. The van der Waals surface area contributed by atoms with E-state index in [0.29, 0.717) is 5.92 Å². The van der Waals surface area contributed by atoms with Crippen molar-refractivity contribution in [1.82, 2.24) is 4.90 Å². The van der Waals surface area contributed by atoms with Gasteiger partial charge in [-0.2, -0.15) is 0 Å². The SMILES string of the molecule is CC/C=C\c1cccc2c1CN(C1=CC=CCC1)C1C=c3c(C(C)C)cccc3=NC21. The zero-order chi connectivity index (χ0) is 21.4. The highest BCUT2D eigenvalue weighted by molar-refractivity contribution is 5.59. The maximum Gasteiger partial charge on any atom is 0.0999 e. The Labute approximate surface area is 186 Å². The summed E-state index contributed by atoms with van der Waals surface area (Å²) in [5, 5.41) is 2.48. The fourth-order valence-electron chi connectivity index (χ4n) is 5.25. The Hall–Kier alpha value is -2.87. The van der Waals surface area contributed by atoms with Gasteiger partial charge in [0.1, 0.15) is 0 Å². The Balaban J connectivity index is 1.73. The smallest absolute Gasteiger partial charge is 0.0999 e. The molecule has 0 spiro atoms. The van der Waals surface area contributed by atoms with Gasteiger partial charge < -0.3 is 4.90 Å². The van der Waals surface area contributed by atoms with E-state index < -0.39 is 0 Å². The number of hydrogen-bond acceptors (Lipinski definition) is 2. The molecule has 3 aliphatic rings. The number of hydrogen-bond donors (Lipinski definition) is 0. The second-order valence-corrected chi connectivity index (χ2v) is 9.14. The van der Waals surface area contributed by atoms with Crippen LogP contribution in [0.15, 0.2) is 71.4 Å². The standard InChI is InChI=1S/C29H32N2/c1-4-5-11-21-12-9-16-24-26(21)19-31(22-13-7-6-8-14-22)28-18-25-23(20(2)3)15-10-17-27(25)30-29(24)28/h5-7,9-13,15-18,20,28-29H,4,8,14,19H2,1-3H3/b11-5-. The van der Waals surface area contributed by atoms with E-state index in [0.717, 1.165) is 31.2 Å². The van der Waals surface area contributed by atoms with E-state index >= 15 is 0 Å². The minimum absolute atomic E-state index is 0.139.